The van der Waals surface area contributed by atoms with Gasteiger partial charge in [-0.25, -0.2) is 4.68 Å². The standard InChI is InChI=1S/C18H17ClN2O2S2.C13H15ClN2OS.C6H6OS/c19-17-6-5-14(25-17)4-3-13-10-15(16-2-1-8-23-16)20-21(13)18(22)12-7-9-24-11-12;14-13-6-5-10(18-13)4-3-9-8-11(16-15-9)12-2-1-7-17-12;1-5(7)6-2-3-8-4-6/h5-7,9-11,16H,1-4,8H2;5-6,8,12H,1-4,7H2,(H,15,16);2-4,7H,1H2. The highest BCUT2D eigenvalue weighted by molar-refractivity contribution is 7.16. The molecule has 0 aromatic carbocycles. The molecular weight excluding hydrogens is 764 g/mol. The van der Waals surface area contributed by atoms with E-state index >= 15 is 0 Å². The van der Waals surface area contributed by atoms with Crippen molar-refractivity contribution in [3.05, 3.63) is 129 Å². The Kier molecular flexibility index (Phi) is 13.8. The fraction of sp³-hybridized carbons (Fsp3) is 0.324. The molecule has 8 heterocycles. The highest BCUT2D eigenvalue weighted by Crippen LogP contribution is 2.30. The second-order valence-electron chi connectivity index (χ2n) is 12.0. The quantitative estimate of drug-likeness (QED) is 0.134. The molecule has 2 aliphatic rings. The molecule has 2 unspecified atom stereocenters. The number of carbonyl (C=O) groups excluding carboxylic acids is 1. The number of hydrogen-bond donors (Lipinski definition) is 2. The van der Waals surface area contributed by atoms with E-state index in [-0.39, 0.29) is 23.9 Å². The van der Waals surface area contributed by atoms with Crippen molar-refractivity contribution < 1.29 is 19.4 Å². The molecule has 2 saturated heterocycles. The summed E-state index contributed by atoms with van der Waals surface area (Å²) in [5.74, 6) is 0.0657. The molecule has 14 heteroatoms. The third-order valence-electron chi connectivity index (χ3n) is 8.31. The molecule has 8 nitrogen and oxygen atoms in total. The number of hydrogen-bond acceptors (Lipinski definition) is 10. The summed E-state index contributed by atoms with van der Waals surface area (Å²) in [6.45, 7) is 4.98. The van der Waals surface area contributed by atoms with Crippen LogP contribution in [0.5, 0.6) is 0 Å². The molecule has 0 amide bonds. The maximum Gasteiger partial charge on any atom is 0.279 e. The summed E-state index contributed by atoms with van der Waals surface area (Å²) in [6, 6.07) is 15.8. The minimum absolute atomic E-state index is 0.00598. The van der Waals surface area contributed by atoms with E-state index in [4.69, 9.17) is 37.8 Å². The molecule has 51 heavy (non-hydrogen) atoms. The van der Waals surface area contributed by atoms with Gasteiger partial charge in [0.05, 0.1) is 25.6 Å². The summed E-state index contributed by atoms with van der Waals surface area (Å²) in [5, 5.41) is 28.3. The zero-order chi connectivity index (χ0) is 35.6. The van der Waals surface area contributed by atoms with Crippen molar-refractivity contribution in [3.63, 3.8) is 0 Å². The molecule has 2 fully saturated rings. The van der Waals surface area contributed by atoms with Gasteiger partial charge in [-0.05, 0) is 111 Å². The van der Waals surface area contributed by atoms with Crippen LogP contribution in [0.3, 0.4) is 0 Å². The normalized spacial score (nSPS) is 16.7. The van der Waals surface area contributed by atoms with Crippen LogP contribution in [0, 0.1) is 0 Å². The maximum atomic E-state index is 12.8. The van der Waals surface area contributed by atoms with E-state index in [1.54, 1.807) is 38.7 Å². The van der Waals surface area contributed by atoms with Gasteiger partial charge in [0.2, 0.25) is 0 Å². The van der Waals surface area contributed by atoms with Crippen LogP contribution in [0.25, 0.3) is 5.76 Å². The molecule has 268 valence electrons. The van der Waals surface area contributed by atoms with E-state index in [1.807, 2.05) is 57.9 Å². The van der Waals surface area contributed by atoms with E-state index in [0.29, 0.717) is 5.56 Å². The van der Waals surface area contributed by atoms with Crippen LogP contribution in [0.2, 0.25) is 8.67 Å². The number of carbonyl (C=O) groups is 1. The van der Waals surface area contributed by atoms with Gasteiger partial charge in [-0.1, -0.05) is 29.8 Å². The summed E-state index contributed by atoms with van der Waals surface area (Å²) in [7, 11) is 0. The minimum Gasteiger partial charge on any atom is -0.508 e. The van der Waals surface area contributed by atoms with Crippen LogP contribution < -0.4 is 0 Å². The average molecular weight is 802 g/mol. The molecular formula is C37H38Cl2N4O4S4. The lowest BCUT2D eigenvalue weighted by molar-refractivity contribution is 0.0930. The average Bonchev–Trinajstić information content (AvgIpc) is 3.98. The summed E-state index contributed by atoms with van der Waals surface area (Å²) in [6.07, 6.45) is 7.99. The third kappa shape index (κ3) is 10.7. The van der Waals surface area contributed by atoms with Crippen molar-refractivity contribution >= 4 is 80.2 Å². The number of aromatic amines is 1. The van der Waals surface area contributed by atoms with Crippen molar-refractivity contribution in [2.45, 2.75) is 63.6 Å². The van der Waals surface area contributed by atoms with Gasteiger partial charge in [0.25, 0.3) is 5.91 Å². The number of nitrogens with zero attached hydrogens (tertiary/aromatic N) is 3. The van der Waals surface area contributed by atoms with Crippen LogP contribution in [0.15, 0.2) is 76.6 Å². The Morgan fingerprint density at radius 3 is 1.96 bits per heavy atom. The monoisotopic (exact) mass is 800 g/mol. The van der Waals surface area contributed by atoms with Crippen LogP contribution in [-0.4, -0.2) is 44.2 Å². The Bertz CT molecular complexity index is 1970. The zero-order valence-electron chi connectivity index (χ0n) is 27.8. The smallest absolute Gasteiger partial charge is 0.279 e. The fourth-order valence-electron chi connectivity index (χ4n) is 5.66. The SMILES string of the molecule is C=C(O)c1ccsc1.Clc1ccc(CCc2cc(C3CCCO3)n[nH]2)s1.O=C(c1ccsc1)n1nc(C2CCCO2)cc1CCc1ccc(Cl)s1. The number of nitrogens with one attached hydrogen (secondary N) is 1. The molecule has 2 aliphatic heterocycles. The number of thiophene rings is 4. The lowest BCUT2D eigenvalue weighted by atomic mass is 10.1. The number of halogens is 2. The number of aliphatic hydroxyl groups is 1. The van der Waals surface area contributed by atoms with Crippen LogP contribution in [0.4, 0.5) is 0 Å². The number of aliphatic hydroxyl groups excluding tert-OH is 1. The second-order valence-corrected chi connectivity index (χ2v) is 17.1. The van der Waals surface area contributed by atoms with Crippen molar-refractivity contribution in [1.82, 2.24) is 20.0 Å². The largest absolute Gasteiger partial charge is 0.508 e. The van der Waals surface area contributed by atoms with E-state index in [2.05, 4.69) is 34.0 Å². The Hall–Kier alpha value is -3.07. The van der Waals surface area contributed by atoms with Gasteiger partial charge in [0.15, 0.2) is 0 Å². The van der Waals surface area contributed by atoms with Gasteiger partial charge in [-0.15, -0.1) is 22.7 Å². The van der Waals surface area contributed by atoms with Gasteiger partial charge in [-0.3, -0.25) is 9.89 Å². The first-order valence-electron chi connectivity index (χ1n) is 16.6. The third-order valence-corrected chi connectivity index (χ3v) is 12.3. The van der Waals surface area contributed by atoms with E-state index < -0.39 is 0 Å². The van der Waals surface area contributed by atoms with Crippen molar-refractivity contribution in [2.24, 2.45) is 0 Å². The first-order valence-corrected chi connectivity index (χ1v) is 20.9. The molecule has 0 aliphatic carbocycles. The Morgan fingerprint density at radius 2 is 1.45 bits per heavy atom. The number of aromatic nitrogens is 4. The molecule has 0 bridgehead atoms. The van der Waals surface area contributed by atoms with Crippen LogP contribution in [-0.2, 0) is 35.2 Å². The molecule has 6 aromatic heterocycles. The fourth-order valence-corrected chi connectivity index (χ4v) is 9.13. The highest BCUT2D eigenvalue weighted by atomic mass is 35.5. The molecule has 8 rings (SSSR count). The molecule has 6 aromatic rings. The number of rotatable bonds is 10. The maximum absolute atomic E-state index is 12.8. The van der Waals surface area contributed by atoms with Gasteiger partial charge in [0, 0.05) is 50.7 Å². The predicted octanol–water partition coefficient (Wildman–Crippen LogP) is 11.0. The summed E-state index contributed by atoms with van der Waals surface area (Å²) in [4.78, 5) is 15.3. The lowest BCUT2D eigenvalue weighted by Crippen LogP contribution is -2.16. The van der Waals surface area contributed by atoms with Gasteiger partial charge in [0.1, 0.15) is 18.0 Å². The summed E-state index contributed by atoms with van der Waals surface area (Å²) in [5.41, 5.74) is 5.49. The van der Waals surface area contributed by atoms with E-state index in [9.17, 15) is 4.79 Å². The van der Waals surface area contributed by atoms with E-state index in [1.165, 1.54) is 26.8 Å². The Morgan fingerprint density at radius 1 is 0.843 bits per heavy atom. The molecule has 0 spiro atoms. The molecule has 2 atom stereocenters. The summed E-state index contributed by atoms with van der Waals surface area (Å²) < 4.78 is 14.6. The van der Waals surface area contributed by atoms with Crippen molar-refractivity contribution in [2.75, 3.05) is 13.2 Å². The second kappa shape index (κ2) is 18.6. The predicted molar refractivity (Wildman–Crippen MR) is 210 cm³/mol. The lowest BCUT2D eigenvalue weighted by Gasteiger charge is -2.05. The Labute approximate surface area is 323 Å². The molecule has 0 saturated carbocycles. The Balaban J connectivity index is 0.000000150. The van der Waals surface area contributed by atoms with Crippen molar-refractivity contribution in [1.29, 1.82) is 0 Å². The van der Waals surface area contributed by atoms with Gasteiger partial charge in [-0.2, -0.15) is 32.9 Å². The van der Waals surface area contributed by atoms with Gasteiger partial charge >= 0.3 is 0 Å². The summed E-state index contributed by atoms with van der Waals surface area (Å²) >= 11 is 18.2. The van der Waals surface area contributed by atoms with Crippen molar-refractivity contribution in [3.8, 4) is 0 Å². The van der Waals surface area contributed by atoms with Crippen LogP contribution >= 0.6 is 68.5 Å². The minimum atomic E-state index is -0.0790. The number of H-pyrrole nitrogens is 1. The highest BCUT2D eigenvalue weighted by Gasteiger charge is 2.25. The molecule has 2 N–H and O–H groups in total. The first kappa shape index (κ1) is 37.7. The number of ether oxygens (including phenoxy) is 2. The topological polar surface area (TPSA) is 102 Å². The molecule has 0 radical (unpaired) electrons. The van der Waals surface area contributed by atoms with E-state index in [0.717, 1.165) is 95.9 Å². The zero-order valence-corrected chi connectivity index (χ0v) is 32.5. The van der Waals surface area contributed by atoms with Gasteiger partial charge < -0.3 is 14.6 Å². The number of aryl methyl sites for hydroxylation is 4. The first-order chi connectivity index (χ1) is 24.8. The van der Waals surface area contributed by atoms with Crippen LogP contribution in [0.1, 0.15) is 86.3 Å².